The van der Waals surface area contributed by atoms with E-state index in [-0.39, 0.29) is 6.04 Å². The monoisotopic (exact) mass is 164 g/mol. The van der Waals surface area contributed by atoms with Gasteiger partial charge in [-0.05, 0) is 25.9 Å². The van der Waals surface area contributed by atoms with Crippen molar-refractivity contribution in [3.63, 3.8) is 0 Å². The summed E-state index contributed by atoms with van der Waals surface area (Å²) in [7, 11) is -2.40. The zero-order valence-electron chi connectivity index (χ0n) is 5.67. The molecule has 1 heterocycles. The molecule has 0 aromatic carbocycles. The van der Waals surface area contributed by atoms with Gasteiger partial charge in [0, 0.05) is 6.04 Å². The number of hydrogen-bond acceptors (Lipinski definition) is 3. The van der Waals surface area contributed by atoms with Gasteiger partial charge in [0.25, 0.3) is 0 Å². The van der Waals surface area contributed by atoms with Crippen molar-refractivity contribution in [3.05, 3.63) is 0 Å². The SMILES string of the molecule is O=[SH](=O)NC1CCNCC1. The summed E-state index contributed by atoms with van der Waals surface area (Å²) in [6.07, 6.45) is 1.81. The highest BCUT2D eigenvalue weighted by Gasteiger charge is 2.11. The van der Waals surface area contributed by atoms with Gasteiger partial charge < -0.3 is 5.32 Å². The maximum atomic E-state index is 10.2. The minimum atomic E-state index is -2.40. The second-order valence-corrected chi connectivity index (χ2v) is 3.18. The predicted molar refractivity (Wildman–Crippen MR) is 39.3 cm³/mol. The Morgan fingerprint density at radius 2 is 1.90 bits per heavy atom. The van der Waals surface area contributed by atoms with E-state index in [1.165, 1.54) is 0 Å². The van der Waals surface area contributed by atoms with E-state index in [0.29, 0.717) is 0 Å². The molecule has 5 heteroatoms. The molecule has 60 valence electrons. The third kappa shape index (κ3) is 2.64. The third-order valence-corrected chi connectivity index (χ3v) is 2.20. The fourth-order valence-corrected chi connectivity index (χ4v) is 1.66. The maximum Gasteiger partial charge on any atom is 0.201 e. The van der Waals surface area contributed by atoms with Crippen LogP contribution in [0.3, 0.4) is 0 Å². The Bertz CT molecular complexity index is 155. The first-order chi connectivity index (χ1) is 4.79. The van der Waals surface area contributed by atoms with Crippen molar-refractivity contribution in [2.75, 3.05) is 13.1 Å². The van der Waals surface area contributed by atoms with Crippen molar-refractivity contribution in [3.8, 4) is 0 Å². The second kappa shape index (κ2) is 3.90. The smallest absolute Gasteiger partial charge is 0.201 e. The molecule has 0 spiro atoms. The fourth-order valence-electron chi connectivity index (χ4n) is 1.10. The molecule has 0 amide bonds. The minimum absolute atomic E-state index is 0.169. The normalized spacial score (nSPS) is 21.7. The van der Waals surface area contributed by atoms with Crippen LogP contribution < -0.4 is 10.0 Å². The van der Waals surface area contributed by atoms with Crippen molar-refractivity contribution < 1.29 is 8.42 Å². The zero-order chi connectivity index (χ0) is 7.40. The summed E-state index contributed by atoms with van der Waals surface area (Å²) in [6.45, 7) is 1.84. The van der Waals surface area contributed by atoms with Crippen LogP contribution in [0.1, 0.15) is 12.8 Å². The van der Waals surface area contributed by atoms with E-state index in [2.05, 4.69) is 10.0 Å². The first kappa shape index (κ1) is 7.97. The van der Waals surface area contributed by atoms with Crippen LogP contribution in [0.2, 0.25) is 0 Å². The molecule has 4 nitrogen and oxygen atoms in total. The van der Waals surface area contributed by atoms with Crippen molar-refractivity contribution in [1.82, 2.24) is 10.0 Å². The van der Waals surface area contributed by atoms with Gasteiger partial charge in [-0.2, -0.15) is 0 Å². The van der Waals surface area contributed by atoms with Gasteiger partial charge in [0.15, 0.2) is 0 Å². The van der Waals surface area contributed by atoms with E-state index in [4.69, 9.17) is 0 Å². The number of hydrogen-bond donors (Lipinski definition) is 3. The number of nitrogens with one attached hydrogen (secondary N) is 2. The Kier molecular flexibility index (Phi) is 3.11. The highest BCUT2D eigenvalue weighted by Crippen LogP contribution is 2.00. The molecular formula is C5H12N2O2S. The lowest BCUT2D eigenvalue weighted by atomic mass is 10.1. The molecule has 0 saturated carbocycles. The quantitative estimate of drug-likeness (QED) is 0.452. The molecule has 0 unspecified atom stereocenters. The molecule has 0 atom stereocenters. The Balaban J connectivity index is 2.26. The molecule has 1 aliphatic heterocycles. The van der Waals surface area contributed by atoms with Crippen LogP contribution in [-0.2, 0) is 10.9 Å². The van der Waals surface area contributed by atoms with Crippen molar-refractivity contribution in [1.29, 1.82) is 0 Å². The highest BCUT2D eigenvalue weighted by molar-refractivity contribution is 7.70. The van der Waals surface area contributed by atoms with Crippen molar-refractivity contribution in [2.24, 2.45) is 0 Å². The van der Waals surface area contributed by atoms with Gasteiger partial charge in [-0.3, -0.25) is 0 Å². The second-order valence-electron chi connectivity index (χ2n) is 2.41. The van der Waals surface area contributed by atoms with E-state index in [0.717, 1.165) is 25.9 Å². The Morgan fingerprint density at radius 1 is 1.30 bits per heavy atom. The highest BCUT2D eigenvalue weighted by atomic mass is 32.2. The van der Waals surface area contributed by atoms with Gasteiger partial charge in [-0.25, -0.2) is 13.1 Å². The lowest BCUT2D eigenvalue weighted by Crippen LogP contribution is -2.39. The summed E-state index contributed by atoms with van der Waals surface area (Å²) >= 11 is 0. The van der Waals surface area contributed by atoms with Gasteiger partial charge >= 0.3 is 0 Å². The Labute approximate surface area is 62.1 Å². The summed E-state index contributed by atoms with van der Waals surface area (Å²) in [5.74, 6) is 0. The average Bonchev–Trinajstić information content (AvgIpc) is 1.88. The van der Waals surface area contributed by atoms with Crippen LogP contribution in [0.5, 0.6) is 0 Å². The van der Waals surface area contributed by atoms with Gasteiger partial charge in [-0.1, -0.05) is 0 Å². The van der Waals surface area contributed by atoms with Crippen LogP contribution >= 0.6 is 0 Å². The maximum absolute atomic E-state index is 10.2. The number of rotatable bonds is 2. The third-order valence-electron chi connectivity index (χ3n) is 1.63. The Hall–Kier alpha value is -0.130. The van der Waals surface area contributed by atoms with Crippen LogP contribution in [-0.4, -0.2) is 27.5 Å². The summed E-state index contributed by atoms with van der Waals surface area (Å²) in [5.41, 5.74) is 0. The predicted octanol–water partition coefficient (Wildman–Crippen LogP) is -1.15. The largest absolute Gasteiger partial charge is 0.317 e. The van der Waals surface area contributed by atoms with E-state index >= 15 is 0 Å². The molecule has 1 saturated heterocycles. The molecule has 0 radical (unpaired) electrons. The molecule has 10 heavy (non-hydrogen) atoms. The van der Waals surface area contributed by atoms with Crippen LogP contribution in [0.4, 0.5) is 0 Å². The first-order valence-corrected chi connectivity index (χ1v) is 4.58. The van der Waals surface area contributed by atoms with Gasteiger partial charge in [0.2, 0.25) is 10.9 Å². The summed E-state index contributed by atoms with van der Waals surface area (Å²) in [6, 6.07) is 0.169. The van der Waals surface area contributed by atoms with Gasteiger partial charge in [0.1, 0.15) is 0 Å². The molecule has 0 aliphatic carbocycles. The number of piperidine rings is 1. The Morgan fingerprint density at radius 3 is 2.40 bits per heavy atom. The molecule has 0 bridgehead atoms. The van der Waals surface area contributed by atoms with E-state index in [1.54, 1.807) is 0 Å². The van der Waals surface area contributed by atoms with Crippen LogP contribution in [0.15, 0.2) is 0 Å². The van der Waals surface area contributed by atoms with E-state index in [1.807, 2.05) is 0 Å². The molecule has 1 fully saturated rings. The molecule has 0 aromatic heterocycles. The summed E-state index contributed by atoms with van der Waals surface area (Å²) in [5, 5.41) is 3.15. The van der Waals surface area contributed by atoms with Crippen molar-refractivity contribution >= 4 is 10.9 Å². The van der Waals surface area contributed by atoms with Crippen molar-refractivity contribution in [2.45, 2.75) is 18.9 Å². The van der Waals surface area contributed by atoms with Crippen LogP contribution in [0, 0.1) is 0 Å². The van der Waals surface area contributed by atoms with Crippen LogP contribution in [0.25, 0.3) is 0 Å². The first-order valence-electron chi connectivity index (χ1n) is 3.40. The molecule has 1 aliphatic rings. The molecule has 0 aromatic rings. The minimum Gasteiger partial charge on any atom is -0.317 e. The lowest BCUT2D eigenvalue weighted by Gasteiger charge is -2.20. The molecular weight excluding hydrogens is 152 g/mol. The summed E-state index contributed by atoms with van der Waals surface area (Å²) in [4.78, 5) is 0. The van der Waals surface area contributed by atoms with Gasteiger partial charge in [-0.15, -0.1) is 0 Å². The topological polar surface area (TPSA) is 58.2 Å². The molecule has 1 rings (SSSR count). The lowest BCUT2D eigenvalue weighted by molar-refractivity contribution is 0.431. The van der Waals surface area contributed by atoms with Gasteiger partial charge in [0.05, 0.1) is 0 Å². The standard InChI is InChI=1S/C5H12N2O2S/c8-10(9)7-5-1-3-6-4-2-5/h5-6,10H,1-4H2,(H,7,8,9). The molecule has 2 N–H and O–H groups in total. The summed E-state index contributed by atoms with van der Waals surface area (Å²) < 4.78 is 22.8. The van der Waals surface area contributed by atoms with E-state index < -0.39 is 10.9 Å². The van der Waals surface area contributed by atoms with E-state index in [9.17, 15) is 8.42 Å². The zero-order valence-corrected chi connectivity index (χ0v) is 6.56. The fraction of sp³-hybridized carbons (Fsp3) is 1.00. The number of thiol groups is 1. The average molecular weight is 164 g/mol.